The van der Waals surface area contributed by atoms with E-state index in [2.05, 4.69) is 49.9 Å². The summed E-state index contributed by atoms with van der Waals surface area (Å²) >= 11 is 0. The van der Waals surface area contributed by atoms with Crippen LogP contribution in [0.3, 0.4) is 0 Å². The summed E-state index contributed by atoms with van der Waals surface area (Å²) in [5.74, 6) is 0. The SMILES string of the molecule is CCCCCN(CCCC)c1ccc(C)cc1. The predicted octanol–water partition coefficient (Wildman–Crippen LogP) is 4.79. The molecule has 1 aromatic carbocycles. The van der Waals surface area contributed by atoms with E-state index in [1.54, 1.807) is 0 Å². The summed E-state index contributed by atoms with van der Waals surface area (Å²) in [5, 5.41) is 0. The van der Waals surface area contributed by atoms with E-state index >= 15 is 0 Å². The lowest BCUT2D eigenvalue weighted by Crippen LogP contribution is -2.25. The number of anilines is 1. The van der Waals surface area contributed by atoms with Gasteiger partial charge in [0.2, 0.25) is 0 Å². The highest BCUT2D eigenvalue weighted by atomic mass is 15.1. The monoisotopic (exact) mass is 233 g/mol. The van der Waals surface area contributed by atoms with Gasteiger partial charge < -0.3 is 4.90 Å². The summed E-state index contributed by atoms with van der Waals surface area (Å²) in [5.41, 5.74) is 2.73. The molecule has 1 rings (SSSR count). The van der Waals surface area contributed by atoms with E-state index in [1.165, 1.54) is 56.4 Å². The average Bonchev–Trinajstić information content (AvgIpc) is 2.35. The van der Waals surface area contributed by atoms with Crippen LogP contribution in [0.1, 0.15) is 51.5 Å². The normalized spacial score (nSPS) is 10.5. The molecule has 1 nitrogen and oxygen atoms in total. The summed E-state index contributed by atoms with van der Waals surface area (Å²) in [4.78, 5) is 2.54. The van der Waals surface area contributed by atoms with E-state index in [0.29, 0.717) is 0 Å². The third-order valence-corrected chi connectivity index (χ3v) is 3.21. The van der Waals surface area contributed by atoms with Crippen LogP contribution in [-0.2, 0) is 0 Å². The number of rotatable bonds is 8. The van der Waals surface area contributed by atoms with Gasteiger partial charge in [0.1, 0.15) is 0 Å². The Morgan fingerprint density at radius 2 is 1.41 bits per heavy atom. The Morgan fingerprint density at radius 3 is 2.00 bits per heavy atom. The van der Waals surface area contributed by atoms with Gasteiger partial charge in [-0.05, 0) is 31.9 Å². The molecule has 0 spiro atoms. The van der Waals surface area contributed by atoms with E-state index < -0.39 is 0 Å². The first-order chi connectivity index (χ1) is 8.27. The topological polar surface area (TPSA) is 3.24 Å². The summed E-state index contributed by atoms with van der Waals surface area (Å²) in [7, 11) is 0. The van der Waals surface area contributed by atoms with Gasteiger partial charge in [-0.1, -0.05) is 50.8 Å². The summed E-state index contributed by atoms with van der Waals surface area (Å²) in [6.07, 6.45) is 6.52. The molecule has 17 heavy (non-hydrogen) atoms. The standard InChI is InChI=1S/C16H27N/c1-4-6-8-14-17(13-7-5-2)16-11-9-15(3)10-12-16/h9-12H,4-8,13-14H2,1-3H3. The minimum atomic E-state index is 1.20. The third-order valence-electron chi connectivity index (χ3n) is 3.21. The second-order valence-electron chi connectivity index (χ2n) is 4.88. The molecule has 1 aromatic rings. The Morgan fingerprint density at radius 1 is 0.824 bits per heavy atom. The van der Waals surface area contributed by atoms with Gasteiger partial charge in [-0.3, -0.25) is 0 Å². The number of benzene rings is 1. The number of aryl methyl sites for hydroxylation is 1. The van der Waals surface area contributed by atoms with E-state index in [1.807, 2.05) is 0 Å². The van der Waals surface area contributed by atoms with E-state index in [4.69, 9.17) is 0 Å². The van der Waals surface area contributed by atoms with Crippen molar-refractivity contribution in [3.8, 4) is 0 Å². The maximum absolute atomic E-state index is 2.54. The second-order valence-corrected chi connectivity index (χ2v) is 4.88. The van der Waals surface area contributed by atoms with E-state index in [9.17, 15) is 0 Å². The highest BCUT2D eigenvalue weighted by Crippen LogP contribution is 2.16. The van der Waals surface area contributed by atoms with Crippen LogP contribution in [0.2, 0.25) is 0 Å². The van der Waals surface area contributed by atoms with Crippen LogP contribution in [0.15, 0.2) is 24.3 Å². The summed E-state index contributed by atoms with van der Waals surface area (Å²) in [6, 6.07) is 8.95. The molecular weight excluding hydrogens is 206 g/mol. The maximum Gasteiger partial charge on any atom is 0.0366 e. The van der Waals surface area contributed by atoms with Gasteiger partial charge in [-0.2, -0.15) is 0 Å². The minimum absolute atomic E-state index is 1.20. The maximum atomic E-state index is 2.54. The molecule has 0 saturated heterocycles. The molecule has 0 saturated carbocycles. The van der Waals surface area contributed by atoms with Crippen molar-refractivity contribution in [1.82, 2.24) is 0 Å². The minimum Gasteiger partial charge on any atom is -0.372 e. The molecule has 0 unspecified atom stereocenters. The van der Waals surface area contributed by atoms with Crippen molar-refractivity contribution in [2.45, 2.75) is 52.9 Å². The highest BCUT2D eigenvalue weighted by Gasteiger charge is 2.04. The number of unbranched alkanes of at least 4 members (excludes halogenated alkanes) is 3. The van der Waals surface area contributed by atoms with Crippen LogP contribution in [0, 0.1) is 6.92 Å². The van der Waals surface area contributed by atoms with Gasteiger partial charge in [-0.15, -0.1) is 0 Å². The van der Waals surface area contributed by atoms with Crippen LogP contribution >= 0.6 is 0 Å². The lowest BCUT2D eigenvalue weighted by atomic mass is 10.2. The quantitative estimate of drug-likeness (QED) is 0.583. The highest BCUT2D eigenvalue weighted by molar-refractivity contribution is 5.47. The van der Waals surface area contributed by atoms with Crippen molar-refractivity contribution in [3.63, 3.8) is 0 Å². The molecule has 0 aliphatic heterocycles. The van der Waals surface area contributed by atoms with Gasteiger partial charge in [-0.25, -0.2) is 0 Å². The van der Waals surface area contributed by atoms with Gasteiger partial charge >= 0.3 is 0 Å². The Hall–Kier alpha value is -0.980. The Balaban J connectivity index is 2.57. The largest absolute Gasteiger partial charge is 0.372 e. The van der Waals surface area contributed by atoms with Crippen molar-refractivity contribution in [2.75, 3.05) is 18.0 Å². The van der Waals surface area contributed by atoms with Crippen molar-refractivity contribution in [3.05, 3.63) is 29.8 Å². The molecule has 0 bridgehead atoms. The number of hydrogen-bond acceptors (Lipinski definition) is 1. The average molecular weight is 233 g/mol. The zero-order valence-corrected chi connectivity index (χ0v) is 11.7. The van der Waals surface area contributed by atoms with E-state index in [-0.39, 0.29) is 0 Å². The second kappa shape index (κ2) is 8.16. The van der Waals surface area contributed by atoms with Gasteiger partial charge in [0.25, 0.3) is 0 Å². The van der Waals surface area contributed by atoms with Crippen LogP contribution in [0.25, 0.3) is 0 Å². The van der Waals surface area contributed by atoms with Crippen molar-refractivity contribution in [2.24, 2.45) is 0 Å². The fourth-order valence-corrected chi connectivity index (χ4v) is 2.03. The molecule has 0 aromatic heterocycles. The number of nitrogens with zero attached hydrogens (tertiary/aromatic N) is 1. The Labute approximate surface area is 107 Å². The van der Waals surface area contributed by atoms with Gasteiger partial charge in [0.05, 0.1) is 0 Å². The zero-order valence-electron chi connectivity index (χ0n) is 11.7. The summed E-state index contributed by atoms with van der Waals surface area (Å²) in [6.45, 7) is 9.08. The molecule has 0 aliphatic rings. The van der Waals surface area contributed by atoms with Crippen LogP contribution < -0.4 is 4.90 Å². The molecule has 0 radical (unpaired) electrons. The zero-order chi connectivity index (χ0) is 12.5. The Kier molecular flexibility index (Phi) is 6.76. The lowest BCUT2D eigenvalue weighted by molar-refractivity contribution is 0.653. The van der Waals surface area contributed by atoms with Crippen molar-refractivity contribution < 1.29 is 0 Å². The molecule has 0 amide bonds. The van der Waals surface area contributed by atoms with Crippen LogP contribution in [0.5, 0.6) is 0 Å². The fourth-order valence-electron chi connectivity index (χ4n) is 2.03. The summed E-state index contributed by atoms with van der Waals surface area (Å²) < 4.78 is 0. The molecule has 0 N–H and O–H groups in total. The first-order valence-electron chi connectivity index (χ1n) is 7.09. The molecular formula is C16H27N. The molecule has 0 fully saturated rings. The van der Waals surface area contributed by atoms with E-state index in [0.717, 1.165) is 0 Å². The Bertz CT molecular complexity index is 289. The van der Waals surface area contributed by atoms with Crippen molar-refractivity contribution >= 4 is 5.69 Å². The van der Waals surface area contributed by atoms with Crippen LogP contribution in [-0.4, -0.2) is 13.1 Å². The lowest BCUT2D eigenvalue weighted by Gasteiger charge is -2.25. The van der Waals surface area contributed by atoms with Gasteiger partial charge in [0, 0.05) is 18.8 Å². The van der Waals surface area contributed by atoms with Gasteiger partial charge in [0.15, 0.2) is 0 Å². The smallest absolute Gasteiger partial charge is 0.0366 e. The first-order valence-corrected chi connectivity index (χ1v) is 7.09. The third kappa shape index (κ3) is 5.25. The number of hydrogen-bond donors (Lipinski definition) is 0. The fraction of sp³-hybridized carbons (Fsp3) is 0.625. The van der Waals surface area contributed by atoms with Crippen LogP contribution in [0.4, 0.5) is 5.69 Å². The predicted molar refractivity (Wildman–Crippen MR) is 77.8 cm³/mol. The molecule has 96 valence electrons. The van der Waals surface area contributed by atoms with Crippen molar-refractivity contribution in [1.29, 1.82) is 0 Å². The first kappa shape index (κ1) is 14.1. The molecule has 0 aliphatic carbocycles. The molecule has 1 heteroatoms. The molecule has 0 atom stereocenters. The molecule has 0 heterocycles.